The lowest BCUT2D eigenvalue weighted by atomic mass is 10.5. The topological polar surface area (TPSA) is 64.0 Å². The van der Waals surface area contributed by atoms with Crippen LogP contribution < -0.4 is 4.72 Å². The molecule has 0 atom stereocenters. The Labute approximate surface area is 93.8 Å². The lowest BCUT2D eigenvalue weighted by Gasteiger charge is -2.00. The van der Waals surface area contributed by atoms with E-state index in [9.17, 15) is 8.42 Å². The molecule has 84 valence electrons. The molecule has 0 unspecified atom stereocenters. The number of nitrogens with one attached hydrogen (secondary N) is 1. The van der Waals surface area contributed by atoms with Gasteiger partial charge in [0.2, 0.25) is 10.0 Å². The Balaban J connectivity index is 2.64. The normalized spacial score (nSPS) is 12.4. The molecule has 1 aromatic rings. The number of allylic oxidation sites excluding steroid dienone is 1. The number of sulfonamides is 1. The first kappa shape index (κ1) is 12.2. The standard InChI is InChI=1S/C8H12ClN3O2S/c1-12-7-8(6-10-12)15(13,14)11-5-3-2-4-9/h2-3,6-7,11H,4-5H2,1H3/b3-2+. The number of hydrogen-bond acceptors (Lipinski definition) is 3. The number of hydrogen-bond donors (Lipinski definition) is 1. The summed E-state index contributed by atoms with van der Waals surface area (Å²) in [4.78, 5) is 0.157. The van der Waals surface area contributed by atoms with Crippen molar-refractivity contribution in [2.24, 2.45) is 7.05 Å². The second-order valence-electron chi connectivity index (χ2n) is 2.83. The Morgan fingerprint density at radius 3 is 2.87 bits per heavy atom. The average molecular weight is 250 g/mol. The highest BCUT2D eigenvalue weighted by Gasteiger charge is 2.14. The van der Waals surface area contributed by atoms with Gasteiger partial charge in [-0.1, -0.05) is 12.2 Å². The van der Waals surface area contributed by atoms with Gasteiger partial charge in [0, 0.05) is 25.7 Å². The van der Waals surface area contributed by atoms with Gasteiger partial charge in [-0.3, -0.25) is 4.68 Å². The van der Waals surface area contributed by atoms with Gasteiger partial charge in [-0.25, -0.2) is 13.1 Å². The molecular weight excluding hydrogens is 238 g/mol. The lowest BCUT2D eigenvalue weighted by molar-refractivity contribution is 0.585. The number of halogens is 1. The van der Waals surface area contributed by atoms with E-state index >= 15 is 0 Å². The van der Waals surface area contributed by atoms with Crippen LogP contribution in [0, 0.1) is 0 Å². The van der Waals surface area contributed by atoms with E-state index in [1.165, 1.54) is 17.1 Å². The van der Waals surface area contributed by atoms with E-state index in [0.717, 1.165) is 0 Å². The van der Waals surface area contributed by atoms with Crippen molar-refractivity contribution in [3.63, 3.8) is 0 Å². The molecule has 0 radical (unpaired) electrons. The van der Waals surface area contributed by atoms with Gasteiger partial charge in [0.05, 0.1) is 6.20 Å². The fraction of sp³-hybridized carbons (Fsp3) is 0.375. The van der Waals surface area contributed by atoms with E-state index in [1.54, 1.807) is 19.2 Å². The van der Waals surface area contributed by atoms with E-state index in [4.69, 9.17) is 11.6 Å². The Hall–Kier alpha value is -0.850. The molecule has 5 nitrogen and oxygen atoms in total. The van der Waals surface area contributed by atoms with E-state index in [1.807, 2.05) is 0 Å². The van der Waals surface area contributed by atoms with Crippen LogP contribution in [-0.4, -0.2) is 30.6 Å². The molecule has 0 bridgehead atoms. The SMILES string of the molecule is Cn1cc(S(=O)(=O)NC/C=C/CCl)cn1. The summed E-state index contributed by atoms with van der Waals surface area (Å²) < 4.78 is 27.0. The molecule has 1 aromatic heterocycles. The van der Waals surface area contributed by atoms with Crippen LogP contribution in [0.15, 0.2) is 29.4 Å². The third-order valence-corrected chi connectivity index (χ3v) is 3.19. The molecule has 0 aliphatic carbocycles. The number of aryl methyl sites for hydroxylation is 1. The smallest absolute Gasteiger partial charge is 0.243 e. The summed E-state index contributed by atoms with van der Waals surface area (Å²) in [7, 11) is -1.79. The van der Waals surface area contributed by atoms with Gasteiger partial charge in [-0.05, 0) is 0 Å². The Morgan fingerprint density at radius 2 is 2.33 bits per heavy atom. The summed E-state index contributed by atoms with van der Waals surface area (Å²) in [5.41, 5.74) is 0. The zero-order valence-electron chi connectivity index (χ0n) is 8.22. The van der Waals surface area contributed by atoms with Gasteiger partial charge >= 0.3 is 0 Å². The minimum Gasteiger partial charge on any atom is -0.274 e. The monoisotopic (exact) mass is 249 g/mol. The van der Waals surface area contributed by atoms with Crippen LogP contribution in [0.4, 0.5) is 0 Å². The summed E-state index contributed by atoms with van der Waals surface area (Å²) >= 11 is 5.39. The molecule has 1 rings (SSSR count). The first-order valence-corrected chi connectivity index (χ1v) is 6.27. The zero-order chi connectivity index (χ0) is 11.3. The third kappa shape index (κ3) is 3.65. The fourth-order valence-corrected chi connectivity index (χ4v) is 2.01. The molecule has 0 aromatic carbocycles. The van der Waals surface area contributed by atoms with Crippen molar-refractivity contribution in [1.82, 2.24) is 14.5 Å². The van der Waals surface area contributed by atoms with Crippen molar-refractivity contribution in [3.05, 3.63) is 24.5 Å². The van der Waals surface area contributed by atoms with Crippen LogP contribution in [0.3, 0.4) is 0 Å². The molecular formula is C8H12ClN3O2S. The average Bonchev–Trinajstić information content (AvgIpc) is 2.60. The zero-order valence-corrected chi connectivity index (χ0v) is 9.79. The van der Waals surface area contributed by atoms with Crippen molar-refractivity contribution < 1.29 is 8.42 Å². The van der Waals surface area contributed by atoms with Gasteiger partial charge in [-0.15, -0.1) is 11.6 Å². The summed E-state index contributed by atoms with van der Waals surface area (Å²) in [6.07, 6.45) is 6.06. The minimum atomic E-state index is -3.45. The number of aromatic nitrogens is 2. The molecule has 1 N–H and O–H groups in total. The number of rotatable bonds is 5. The van der Waals surface area contributed by atoms with E-state index in [0.29, 0.717) is 5.88 Å². The quantitative estimate of drug-likeness (QED) is 0.610. The van der Waals surface area contributed by atoms with E-state index < -0.39 is 10.0 Å². The molecule has 1 heterocycles. The van der Waals surface area contributed by atoms with Crippen molar-refractivity contribution in [1.29, 1.82) is 0 Å². The maximum atomic E-state index is 11.6. The van der Waals surface area contributed by atoms with Gasteiger partial charge in [0.1, 0.15) is 4.90 Å². The highest BCUT2D eigenvalue weighted by molar-refractivity contribution is 7.89. The van der Waals surface area contributed by atoms with E-state index in [-0.39, 0.29) is 11.4 Å². The summed E-state index contributed by atoms with van der Waals surface area (Å²) in [5.74, 6) is 0.370. The molecule has 0 fully saturated rings. The molecule has 7 heteroatoms. The second kappa shape index (κ2) is 5.29. The van der Waals surface area contributed by atoms with Crippen molar-refractivity contribution >= 4 is 21.6 Å². The first-order valence-electron chi connectivity index (χ1n) is 4.25. The van der Waals surface area contributed by atoms with Gasteiger partial charge < -0.3 is 0 Å². The van der Waals surface area contributed by atoms with Crippen molar-refractivity contribution in [2.45, 2.75) is 4.90 Å². The maximum absolute atomic E-state index is 11.6. The predicted molar refractivity (Wildman–Crippen MR) is 58.3 cm³/mol. The van der Waals surface area contributed by atoms with Crippen molar-refractivity contribution in [2.75, 3.05) is 12.4 Å². The highest BCUT2D eigenvalue weighted by Crippen LogP contribution is 2.05. The predicted octanol–water partition coefficient (Wildman–Crippen LogP) is 0.493. The van der Waals surface area contributed by atoms with Crippen LogP contribution in [0.5, 0.6) is 0 Å². The molecule has 0 aliphatic rings. The molecule has 15 heavy (non-hydrogen) atoms. The molecule has 0 amide bonds. The van der Waals surface area contributed by atoms with Gasteiger partial charge in [0.25, 0.3) is 0 Å². The Kier molecular flexibility index (Phi) is 4.31. The van der Waals surface area contributed by atoms with Crippen LogP contribution >= 0.6 is 11.6 Å². The summed E-state index contributed by atoms with van der Waals surface area (Å²) in [6, 6.07) is 0. The largest absolute Gasteiger partial charge is 0.274 e. The van der Waals surface area contributed by atoms with Crippen LogP contribution in [-0.2, 0) is 17.1 Å². The second-order valence-corrected chi connectivity index (χ2v) is 4.90. The Bertz CT molecular complexity index is 438. The molecule has 0 saturated heterocycles. The van der Waals surface area contributed by atoms with Crippen molar-refractivity contribution in [3.8, 4) is 0 Å². The van der Waals surface area contributed by atoms with Crippen LogP contribution in [0.2, 0.25) is 0 Å². The highest BCUT2D eigenvalue weighted by atomic mass is 35.5. The van der Waals surface area contributed by atoms with E-state index in [2.05, 4.69) is 9.82 Å². The Morgan fingerprint density at radius 1 is 1.60 bits per heavy atom. The van der Waals surface area contributed by atoms with Gasteiger partial charge in [0.15, 0.2) is 0 Å². The minimum absolute atomic E-state index is 0.157. The third-order valence-electron chi connectivity index (χ3n) is 1.64. The molecule has 0 saturated carbocycles. The number of alkyl halides is 1. The van der Waals surface area contributed by atoms with Crippen LogP contribution in [0.25, 0.3) is 0 Å². The fourth-order valence-electron chi connectivity index (χ4n) is 0.925. The molecule has 0 spiro atoms. The van der Waals surface area contributed by atoms with Gasteiger partial charge in [-0.2, -0.15) is 5.10 Å². The lowest BCUT2D eigenvalue weighted by Crippen LogP contribution is -2.23. The number of nitrogens with zero attached hydrogens (tertiary/aromatic N) is 2. The summed E-state index contributed by atoms with van der Waals surface area (Å²) in [5, 5.41) is 3.79. The van der Waals surface area contributed by atoms with Crippen LogP contribution in [0.1, 0.15) is 0 Å². The maximum Gasteiger partial charge on any atom is 0.243 e. The first-order chi connectivity index (χ1) is 7.06. The summed E-state index contributed by atoms with van der Waals surface area (Å²) in [6.45, 7) is 0.226. The molecule has 0 aliphatic heterocycles.